The summed E-state index contributed by atoms with van der Waals surface area (Å²) in [7, 11) is 0. The summed E-state index contributed by atoms with van der Waals surface area (Å²) in [4.78, 5) is 1.22. The van der Waals surface area contributed by atoms with Crippen LogP contribution in [0.4, 0.5) is 0 Å². The molecule has 1 nitrogen and oxygen atoms in total. The van der Waals surface area contributed by atoms with Crippen molar-refractivity contribution in [1.29, 1.82) is 0 Å². The van der Waals surface area contributed by atoms with Gasteiger partial charge in [0.25, 0.3) is 0 Å². The Morgan fingerprint density at radius 2 is 2.00 bits per heavy atom. The molecule has 3 aliphatic carbocycles. The van der Waals surface area contributed by atoms with Gasteiger partial charge in [-0.3, -0.25) is 0 Å². The van der Waals surface area contributed by atoms with Gasteiger partial charge >= 0.3 is 0 Å². The summed E-state index contributed by atoms with van der Waals surface area (Å²) < 4.78 is 0. The van der Waals surface area contributed by atoms with Crippen molar-refractivity contribution in [2.75, 3.05) is 0 Å². The Labute approximate surface area is 105 Å². The molecule has 3 aliphatic rings. The molecule has 0 spiro atoms. The summed E-state index contributed by atoms with van der Waals surface area (Å²) in [6.07, 6.45) is 4.43. The van der Waals surface area contributed by atoms with Gasteiger partial charge in [-0.2, -0.15) is 0 Å². The molecule has 86 valence electrons. The van der Waals surface area contributed by atoms with Gasteiger partial charge in [0, 0.05) is 10.9 Å². The number of halogens is 1. The van der Waals surface area contributed by atoms with Crippen LogP contribution in [0.2, 0.25) is 5.02 Å². The van der Waals surface area contributed by atoms with Gasteiger partial charge in [0.15, 0.2) is 0 Å². The van der Waals surface area contributed by atoms with Gasteiger partial charge in [0.1, 0.15) is 0 Å². The zero-order valence-corrected chi connectivity index (χ0v) is 10.7. The minimum atomic E-state index is 0.214. The first kappa shape index (κ1) is 9.93. The predicted molar refractivity (Wildman–Crippen MR) is 67.6 cm³/mol. The minimum absolute atomic E-state index is 0.214. The summed E-state index contributed by atoms with van der Waals surface area (Å²) >= 11 is 7.91. The third-order valence-corrected chi connectivity index (χ3v) is 6.62. The fourth-order valence-corrected chi connectivity index (χ4v) is 5.83. The molecule has 0 radical (unpaired) electrons. The molecule has 0 saturated heterocycles. The first-order chi connectivity index (χ1) is 7.77. The van der Waals surface area contributed by atoms with Gasteiger partial charge in [0.2, 0.25) is 0 Å². The van der Waals surface area contributed by atoms with Crippen LogP contribution in [-0.4, -0.2) is 0 Å². The molecular formula is C13H16ClNS. The van der Waals surface area contributed by atoms with E-state index in [0.29, 0.717) is 0 Å². The molecule has 1 aromatic rings. The minimum Gasteiger partial charge on any atom is -0.323 e. The van der Waals surface area contributed by atoms with Gasteiger partial charge in [-0.15, -0.1) is 11.3 Å². The van der Waals surface area contributed by atoms with Crippen LogP contribution in [-0.2, 0) is 0 Å². The molecule has 0 aliphatic heterocycles. The van der Waals surface area contributed by atoms with E-state index in [1.165, 1.54) is 24.1 Å². The third-order valence-electron chi connectivity index (χ3n) is 5.16. The van der Waals surface area contributed by atoms with E-state index >= 15 is 0 Å². The summed E-state index contributed by atoms with van der Waals surface area (Å²) in [6.45, 7) is 0. The lowest BCUT2D eigenvalue weighted by Gasteiger charge is -2.15. The highest BCUT2D eigenvalue weighted by atomic mass is 35.5. The zero-order valence-electron chi connectivity index (χ0n) is 9.10. The SMILES string of the molecule is NC(c1sccc1Cl)C1C2C3CCC(C3)C21. The number of nitrogens with two attached hydrogens (primary N) is 1. The maximum absolute atomic E-state index is 6.41. The number of hydrogen-bond acceptors (Lipinski definition) is 2. The molecule has 0 aromatic carbocycles. The molecule has 5 unspecified atom stereocenters. The van der Waals surface area contributed by atoms with Gasteiger partial charge in [-0.25, -0.2) is 0 Å². The molecule has 2 N–H and O–H groups in total. The van der Waals surface area contributed by atoms with Crippen molar-refractivity contribution in [3.05, 3.63) is 21.3 Å². The molecular weight excluding hydrogens is 238 g/mol. The Kier molecular flexibility index (Phi) is 2.01. The van der Waals surface area contributed by atoms with Gasteiger partial charge in [-0.05, 0) is 60.3 Å². The summed E-state index contributed by atoms with van der Waals surface area (Å²) in [6, 6.07) is 2.19. The molecule has 5 atom stereocenters. The van der Waals surface area contributed by atoms with Crippen LogP contribution < -0.4 is 5.73 Å². The van der Waals surface area contributed by atoms with Crippen molar-refractivity contribution in [3.8, 4) is 0 Å². The third kappa shape index (κ3) is 1.16. The normalized spacial score (nSPS) is 45.8. The van der Waals surface area contributed by atoms with E-state index in [0.717, 1.165) is 34.6 Å². The fraction of sp³-hybridized carbons (Fsp3) is 0.692. The number of rotatable bonds is 2. The topological polar surface area (TPSA) is 26.0 Å². The van der Waals surface area contributed by atoms with E-state index in [1.54, 1.807) is 11.3 Å². The molecule has 1 heterocycles. The highest BCUT2D eigenvalue weighted by molar-refractivity contribution is 7.10. The second kappa shape index (κ2) is 3.24. The van der Waals surface area contributed by atoms with Crippen molar-refractivity contribution in [1.82, 2.24) is 0 Å². The molecule has 2 bridgehead atoms. The van der Waals surface area contributed by atoms with E-state index in [9.17, 15) is 0 Å². The number of fused-ring (bicyclic) bond motifs is 5. The van der Waals surface area contributed by atoms with E-state index in [4.69, 9.17) is 17.3 Å². The van der Waals surface area contributed by atoms with Gasteiger partial charge in [-0.1, -0.05) is 11.6 Å². The summed E-state index contributed by atoms with van der Waals surface area (Å²) in [5, 5.41) is 2.94. The van der Waals surface area contributed by atoms with Crippen LogP contribution in [0.5, 0.6) is 0 Å². The smallest absolute Gasteiger partial charge is 0.0561 e. The molecule has 3 fully saturated rings. The average Bonchev–Trinajstić information content (AvgIpc) is 2.67. The van der Waals surface area contributed by atoms with Crippen LogP contribution in [0.3, 0.4) is 0 Å². The predicted octanol–water partition coefficient (Wildman–Crippen LogP) is 3.69. The van der Waals surface area contributed by atoms with E-state index in [-0.39, 0.29) is 6.04 Å². The lowest BCUT2D eigenvalue weighted by atomic mass is 9.97. The lowest BCUT2D eigenvalue weighted by Crippen LogP contribution is -2.16. The Hall–Kier alpha value is -0.0500. The Bertz CT molecular complexity index is 413. The Morgan fingerprint density at radius 3 is 2.56 bits per heavy atom. The van der Waals surface area contributed by atoms with Crippen molar-refractivity contribution < 1.29 is 0 Å². The maximum Gasteiger partial charge on any atom is 0.0561 e. The van der Waals surface area contributed by atoms with Gasteiger partial charge in [0.05, 0.1) is 5.02 Å². The standard InChI is InChI=1S/C13H16ClNS/c14-8-3-4-16-13(8)12(15)11-9-6-1-2-7(5-6)10(9)11/h3-4,6-7,9-12H,1-2,5,15H2. The molecule has 4 rings (SSSR count). The van der Waals surface area contributed by atoms with E-state index in [1.807, 2.05) is 6.07 Å². The first-order valence-corrected chi connectivity index (χ1v) is 7.51. The maximum atomic E-state index is 6.41. The lowest BCUT2D eigenvalue weighted by molar-refractivity contribution is 0.420. The largest absolute Gasteiger partial charge is 0.323 e. The first-order valence-electron chi connectivity index (χ1n) is 6.26. The Morgan fingerprint density at radius 1 is 1.31 bits per heavy atom. The van der Waals surface area contributed by atoms with Crippen molar-refractivity contribution >= 4 is 22.9 Å². The molecule has 1 aromatic heterocycles. The quantitative estimate of drug-likeness (QED) is 0.855. The van der Waals surface area contributed by atoms with Gasteiger partial charge < -0.3 is 5.73 Å². The van der Waals surface area contributed by atoms with Crippen molar-refractivity contribution in [2.24, 2.45) is 35.3 Å². The van der Waals surface area contributed by atoms with Crippen LogP contribution in [0, 0.1) is 29.6 Å². The summed E-state index contributed by atoms with van der Waals surface area (Å²) in [5.74, 6) is 4.66. The zero-order chi connectivity index (χ0) is 10.9. The highest BCUT2D eigenvalue weighted by Crippen LogP contribution is 2.72. The van der Waals surface area contributed by atoms with Crippen LogP contribution in [0.1, 0.15) is 30.2 Å². The second-order valence-corrected chi connectivity index (χ2v) is 7.08. The molecule has 3 saturated carbocycles. The molecule has 3 heteroatoms. The van der Waals surface area contributed by atoms with Crippen LogP contribution in [0.25, 0.3) is 0 Å². The Balaban J connectivity index is 1.59. The highest BCUT2D eigenvalue weighted by Gasteiger charge is 2.66. The fourth-order valence-electron chi connectivity index (χ4n) is 4.59. The van der Waals surface area contributed by atoms with Crippen molar-refractivity contribution in [3.63, 3.8) is 0 Å². The van der Waals surface area contributed by atoms with Crippen LogP contribution in [0.15, 0.2) is 11.4 Å². The monoisotopic (exact) mass is 253 g/mol. The number of thiophene rings is 1. The average molecular weight is 254 g/mol. The van der Waals surface area contributed by atoms with Crippen LogP contribution >= 0.6 is 22.9 Å². The molecule has 16 heavy (non-hydrogen) atoms. The van der Waals surface area contributed by atoms with E-state index in [2.05, 4.69) is 5.38 Å². The van der Waals surface area contributed by atoms with E-state index < -0.39 is 0 Å². The molecule has 0 amide bonds. The number of hydrogen-bond donors (Lipinski definition) is 1. The van der Waals surface area contributed by atoms with Crippen molar-refractivity contribution in [2.45, 2.75) is 25.3 Å². The second-order valence-electron chi connectivity index (χ2n) is 5.72. The summed E-state index contributed by atoms with van der Waals surface area (Å²) in [5.41, 5.74) is 6.41.